The molecule has 20 heavy (non-hydrogen) atoms. The molecular formula is C13H18N6O. The number of piperidine rings is 1. The maximum atomic E-state index is 12.2. The minimum atomic E-state index is -0.228. The SMILES string of the molecule is Cc1ccnc2nc(C(=O)NC3CCNCC3C)nn12. The number of fused-ring (bicyclic) bond motifs is 1. The van der Waals surface area contributed by atoms with Crippen LogP contribution in [0.3, 0.4) is 0 Å². The van der Waals surface area contributed by atoms with E-state index >= 15 is 0 Å². The van der Waals surface area contributed by atoms with Crippen molar-refractivity contribution in [3.63, 3.8) is 0 Å². The number of carbonyl (C=O) groups is 1. The van der Waals surface area contributed by atoms with Gasteiger partial charge >= 0.3 is 0 Å². The van der Waals surface area contributed by atoms with E-state index in [1.54, 1.807) is 10.7 Å². The number of carbonyl (C=O) groups excluding carboxylic acids is 1. The second-order valence-corrected chi connectivity index (χ2v) is 5.28. The lowest BCUT2D eigenvalue weighted by atomic mass is 9.95. The van der Waals surface area contributed by atoms with Crippen LogP contribution in [0.25, 0.3) is 5.78 Å². The summed E-state index contributed by atoms with van der Waals surface area (Å²) in [5.74, 6) is 0.810. The summed E-state index contributed by atoms with van der Waals surface area (Å²) in [5.41, 5.74) is 0.900. The van der Waals surface area contributed by atoms with Crippen molar-refractivity contribution in [1.29, 1.82) is 0 Å². The van der Waals surface area contributed by atoms with Crippen molar-refractivity contribution in [3.05, 3.63) is 23.8 Å². The monoisotopic (exact) mass is 274 g/mol. The van der Waals surface area contributed by atoms with Crippen LogP contribution >= 0.6 is 0 Å². The topological polar surface area (TPSA) is 84.2 Å². The fraction of sp³-hybridized carbons (Fsp3) is 0.538. The number of nitrogens with zero attached hydrogens (tertiary/aromatic N) is 4. The second-order valence-electron chi connectivity index (χ2n) is 5.28. The molecule has 1 saturated heterocycles. The molecule has 2 aromatic rings. The fourth-order valence-electron chi connectivity index (χ4n) is 2.46. The molecule has 1 aliphatic heterocycles. The number of nitrogens with one attached hydrogen (secondary N) is 2. The van der Waals surface area contributed by atoms with E-state index in [2.05, 4.69) is 32.6 Å². The number of aromatic nitrogens is 4. The van der Waals surface area contributed by atoms with Crippen LogP contribution in [0.15, 0.2) is 12.3 Å². The molecule has 3 rings (SSSR count). The normalized spacial score (nSPS) is 22.9. The predicted molar refractivity (Wildman–Crippen MR) is 73.4 cm³/mol. The molecular weight excluding hydrogens is 256 g/mol. The molecule has 2 N–H and O–H groups in total. The van der Waals surface area contributed by atoms with Crippen LogP contribution in [0.2, 0.25) is 0 Å². The van der Waals surface area contributed by atoms with E-state index in [9.17, 15) is 4.79 Å². The van der Waals surface area contributed by atoms with Crippen molar-refractivity contribution in [2.45, 2.75) is 26.3 Å². The van der Waals surface area contributed by atoms with Crippen LogP contribution in [0.4, 0.5) is 0 Å². The van der Waals surface area contributed by atoms with Gasteiger partial charge in [0.1, 0.15) is 0 Å². The highest BCUT2D eigenvalue weighted by molar-refractivity contribution is 5.91. The standard InChI is InChI=1S/C13H18N6O/c1-8-7-14-5-4-10(8)16-12(20)11-17-13-15-6-3-9(2)19(13)18-11/h3,6,8,10,14H,4-5,7H2,1-2H3,(H,16,20). The number of amides is 1. The van der Waals surface area contributed by atoms with E-state index in [0.717, 1.165) is 25.2 Å². The Balaban J connectivity index is 1.80. The zero-order valence-corrected chi connectivity index (χ0v) is 11.6. The van der Waals surface area contributed by atoms with Gasteiger partial charge in [-0.3, -0.25) is 4.79 Å². The second kappa shape index (κ2) is 5.16. The number of rotatable bonds is 2. The molecule has 2 aromatic heterocycles. The van der Waals surface area contributed by atoms with Crippen molar-refractivity contribution in [2.24, 2.45) is 5.92 Å². The highest BCUT2D eigenvalue weighted by Crippen LogP contribution is 2.11. The summed E-state index contributed by atoms with van der Waals surface area (Å²) >= 11 is 0. The van der Waals surface area contributed by atoms with Crippen molar-refractivity contribution >= 4 is 11.7 Å². The Morgan fingerprint density at radius 1 is 1.55 bits per heavy atom. The first-order valence-corrected chi connectivity index (χ1v) is 6.85. The molecule has 1 amide bonds. The van der Waals surface area contributed by atoms with E-state index in [1.807, 2.05) is 13.0 Å². The van der Waals surface area contributed by atoms with Gasteiger partial charge in [0.05, 0.1) is 0 Å². The van der Waals surface area contributed by atoms with Gasteiger partial charge < -0.3 is 10.6 Å². The molecule has 1 aliphatic rings. The molecule has 106 valence electrons. The molecule has 0 radical (unpaired) electrons. The van der Waals surface area contributed by atoms with Gasteiger partial charge in [-0.05, 0) is 38.4 Å². The molecule has 0 saturated carbocycles. The largest absolute Gasteiger partial charge is 0.346 e. The van der Waals surface area contributed by atoms with Crippen molar-refractivity contribution < 1.29 is 4.79 Å². The Bertz CT molecular complexity index is 637. The van der Waals surface area contributed by atoms with Gasteiger partial charge in [-0.15, -0.1) is 5.10 Å². The number of aryl methyl sites for hydroxylation is 1. The lowest BCUT2D eigenvalue weighted by Gasteiger charge is -2.29. The molecule has 0 aliphatic carbocycles. The smallest absolute Gasteiger partial charge is 0.291 e. The maximum absolute atomic E-state index is 12.2. The molecule has 2 atom stereocenters. The van der Waals surface area contributed by atoms with Crippen molar-refractivity contribution in [3.8, 4) is 0 Å². The predicted octanol–water partition coefficient (Wildman–Crippen LogP) is 0.161. The number of hydrogen-bond donors (Lipinski definition) is 2. The Morgan fingerprint density at radius 2 is 2.40 bits per heavy atom. The van der Waals surface area contributed by atoms with Crippen molar-refractivity contribution in [1.82, 2.24) is 30.2 Å². The van der Waals surface area contributed by atoms with Crippen LogP contribution in [0.5, 0.6) is 0 Å². The van der Waals surface area contributed by atoms with E-state index < -0.39 is 0 Å². The minimum Gasteiger partial charge on any atom is -0.346 e. The Hall–Kier alpha value is -2.02. The van der Waals surface area contributed by atoms with Gasteiger partial charge in [-0.2, -0.15) is 4.98 Å². The molecule has 3 heterocycles. The van der Waals surface area contributed by atoms with Crippen LogP contribution in [0, 0.1) is 12.8 Å². The van der Waals surface area contributed by atoms with E-state index in [1.165, 1.54) is 0 Å². The first-order chi connectivity index (χ1) is 9.65. The number of hydrogen-bond acceptors (Lipinski definition) is 5. The van der Waals surface area contributed by atoms with E-state index in [0.29, 0.717) is 11.7 Å². The van der Waals surface area contributed by atoms with Gasteiger partial charge in [0, 0.05) is 17.9 Å². The summed E-state index contributed by atoms with van der Waals surface area (Å²) in [6.45, 7) is 5.87. The summed E-state index contributed by atoms with van der Waals surface area (Å²) in [6.07, 6.45) is 2.59. The summed E-state index contributed by atoms with van der Waals surface area (Å²) in [7, 11) is 0. The molecule has 0 aromatic carbocycles. The fourth-order valence-corrected chi connectivity index (χ4v) is 2.46. The van der Waals surface area contributed by atoms with Crippen LogP contribution in [-0.2, 0) is 0 Å². The summed E-state index contributed by atoms with van der Waals surface area (Å²) in [4.78, 5) is 20.5. The Kier molecular flexibility index (Phi) is 3.35. The van der Waals surface area contributed by atoms with Gasteiger partial charge in [-0.25, -0.2) is 9.50 Å². The van der Waals surface area contributed by atoms with Crippen LogP contribution in [-0.4, -0.2) is 44.6 Å². The van der Waals surface area contributed by atoms with E-state index in [4.69, 9.17) is 0 Å². The molecule has 7 heteroatoms. The lowest BCUT2D eigenvalue weighted by molar-refractivity contribution is 0.0904. The average molecular weight is 274 g/mol. The first kappa shape index (κ1) is 13.0. The lowest BCUT2D eigenvalue weighted by Crippen LogP contribution is -2.48. The quantitative estimate of drug-likeness (QED) is 0.815. The van der Waals surface area contributed by atoms with Gasteiger partial charge in [-0.1, -0.05) is 6.92 Å². The molecule has 7 nitrogen and oxygen atoms in total. The van der Waals surface area contributed by atoms with Crippen LogP contribution < -0.4 is 10.6 Å². The maximum Gasteiger partial charge on any atom is 0.291 e. The molecule has 0 bridgehead atoms. The first-order valence-electron chi connectivity index (χ1n) is 6.85. The Morgan fingerprint density at radius 3 is 3.15 bits per heavy atom. The minimum absolute atomic E-state index is 0.171. The van der Waals surface area contributed by atoms with Crippen LogP contribution in [0.1, 0.15) is 29.7 Å². The zero-order valence-electron chi connectivity index (χ0n) is 11.6. The molecule has 0 spiro atoms. The summed E-state index contributed by atoms with van der Waals surface area (Å²) < 4.78 is 1.58. The summed E-state index contributed by atoms with van der Waals surface area (Å²) in [6, 6.07) is 2.00. The highest BCUT2D eigenvalue weighted by atomic mass is 16.2. The third kappa shape index (κ3) is 2.36. The zero-order chi connectivity index (χ0) is 14.1. The molecule has 2 unspecified atom stereocenters. The third-order valence-corrected chi connectivity index (χ3v) is 3.73. The summed E-state index contributed by atoms with van der Waals surface area (Å²) in [5, 5.41) is 10.5. The van der Waals surface area contributed by atoms with Crippen molar-refractivity contribution in [2.75, 3.05) is 13.1 Å². The molecule has 1 fully saturated rings. The average Bonchev–Trinajstić information content (AvgIpc) is 2.87. The van der Waals surface area contributed by atoms with E-state index in [-0.39, 0.29) is 17.8 Å². The Labute approximate surface area is 116 Å². The van der Waals surface area contributed by atoms with Gasteiger partial charge in [0.2, 0.25) is 5.82 Å². The highest BCUT2D eigenvalue weighted by Gasteiger charge is 2.24. The third-order valence-electron chi connectivity index (χ3n) is 3.73. The van der Waals surface area contributed by atoms with Gasteiger partial charge in [0.15, 0.2) is 0 Å². The van der Waals surface area contributed by atoms with Gasteiger partial charge in [0.25, 0.3) is 11.7 Å².